The fraction of sp³-hybridized carbons (Fsp3) is 0.985. The highest BCUT2D eigenvalue weighted by molar-refractivity contribution is 5.76. The maximum Gasteiger partial charge on any atom is 0.220 e. The van der Waals surface area contributed by atoms with E-state index in [4.69, 9.17) is 9.47 Å². The first-order chi connectivity index (χ1) is 37.8. The molecular formula is C68H135NO8. The SMILES string of the molecule is CCCCCCCCCCCCCCCCCCCCCCCCCCCCCCCCCC(=O)NC(COC1OC(CO)C(O)C(O)C1O)C(O)CCCCCCCCCCCCCCCCCCCCCCCCC. The molecule has 9 heteroatoms. The van der Waals surface area contributed by atoms with E-state index in [2.05, 4.69) is 19.2 Å². The second-order valence-electron chi connectivity index (χ2n) is 24.7. The van der Waals surface area contributed by atoms with Gasteiger partial charge in [-0.15, -0.1) is 0 Å². The Hall–Kier alpha value is -0.810. The van der Waals surface area contributed by atoms with Crippen molar-refractivity contribution in [3.05, 3.63) is 0 Å². The van der Waals surface area contributed by atoms with Gasteiger partial charge < -0.3 is 40.3 Å². The van der Waals surface area contributed by atoms with E-state index in [1.54, 1.807) is 0 Å². The first-order valence-corrected chi connectivity index (χ1v) is 34.7. The van der Waals surface area contributed by atoms with Crippen LogP contribution < -0.4 is 5.32 Å². The Bertz CT molecular complexity index is 1180. The summed E-state index contributed by atoms with van der Waals surface area (Å²) >= 11 is 0. The number of hydrogen-bond acceptors (Lipinski definition) is 8. The number of ether oxygens (including phenoxy) is 2. The van der Waals surface area contributed by atoms with E-state index >= 15 is 0 Å². The van der Waals surface area contributed by atoms with E-state index in [9.17, 15) is 30.3 Å². The molecule has 0 aliphatic carbocycles. The van der Waals surface area contributed by atoms with Crippen LogP contribution >= 0.6 is 0 Å². The molecule has 1 aliphatic heterocycles. The summed E-state index contributed by atoms with van der Waals surface area (Å²) in [7, 11) is 0. The highest BCUT2D eigenvalue weighted by Crippen LogP contribution is 2.24. The number of unbranched alkanes of at least 4 members (excludes halogenated alkanes) is 52. The van der Waals surface area contributed by atoms with Gasteiger partial charge in [0.25, 0.3) is 0 Å². The van der Waals surface area contributed by atoms with E-state index in [0.29, 0.717) is 12.8 Å². The lowest BCUT2D eigenvalue weighted by molar-refractivity contribution is -0.302. The molecule has 9 nitrogen and oxygen atoms in total. The summed E-state index contributed by atoms with van der Waals surface area (Å²) in [6, 6.07) is -0.715. The lowest BCUT2D eigenvalue weighted by atomic mass is 9.99. The van der Waals surface area contributed by atoms with Crippen molar-refractivity contribution in [2.75, 3.05) is 13.2 Å². The number of carbonyl (C=O) groups excluding carboxylic acids is 1. The van der Waals surface area contributed by atoms with Crippen LogP contribution in [0.3, 0.4) is 0 Å². The number of amides is 1. The van der Waals surface area contributed by atoms with Crippen molar-refractivity contribution in [3.63, 3.8) is 0 Å². The van der Waals surface area contributed by atoms with Gasteiger partial charge in [-0.3, -0.25) is 4.79 Å². The van der Waals surface area contributed by atoms with Crippen molar-refractivity contribution in [1.82, 2.24) is 5.32 Å². The van der Waals surface area contributed by atoms with Crippen LogP contribution in [-0.4, -0.2) is 87.5 Å². The van der Waals surface area contributed by atoms with Crippen molar-refractivity contribution < 1.29 is 39.8 Å². The summed E-state index contributed by atoms with van der Waals surface area (Å²) in [6.45, 7) is 3.91. The molecule has 460 valence electrons. The molecular weight excluding hydrogens is 959 g/mol. The second kappa shape index (κ2) is 58.4. The largest absolute Gasteiger partial charge is 0.394 e. The van der Waals surface area contributed by atoms with E-state index in [1.165, 1.54) is 308 Å². The van der Waals surface area contributed by atoms with Crippen molar-refractivity contribution in [2.24, 2.45) is 0 Å². The van der Waals surface area contributed by atoms with Crippen LogP contribution in [-0.2, 0) is 14.3 Å². The molecule has 0 aromatic heterocycles. The average molecular weight is 1090 g/mol. The molecule has 1 saturated heterocycles. The molecule has 1 aliphatic rings. The fourth-order valence-electron chi connectivity index (χ4n) is 11.8. The van der Waals surface area contributed by atoms with Gasteiger partial charge >= 0.3 is 0 Å². The number of hydrogen-bond donors (Lipinski definition) is 6. The van der Waals surface area contributed by atoms with Gasteiger partial charge in [0.15, 0.2) is 6.29 Å². The van der Waals surface area contributed by atoms with E-state index in [-0.39, 0.29) is 12.5 Å². The zero-order chi connectivity index (χ0) is 55.8. The van der Waals surface area contributed by atoms with Crippen molar-refractivity contribution in [2.45, 2.75) is 416 Å². The van der Waals surface area contributed by atoms with Crippen LogP contribution in [0.5, 0.6) is 0 Å². The minimum Gasteiger partial charge on any atom is -0.394 e. The van der Waals surface area contributed by atoms with Gasteiger partial charge in [-0.05, 0) is 12.8 Å². The number of aliphatic hydroxyl groups excluding tert-OH is 5. The lowest BCUT2D eigenvalue weighted by Crippen LogP contribution is -2.60. The normalized spacial score (nSPS) is 18.6. The molecule has 1 fully saturated rings. The van der Waals surface area contributed by atoms with Gasteiger partial charge in [-0.25, -0.2) is 0 Å². The summed E-state index contributed by atoms with van der Waals surface area (Å²) in [5.74, 6) is -0.133. The maximum absolute atomic E-state index is 13.1. The predicted molar refractivity (Wildman–Crippen MR) is 328 cm³/mol. The van der Waals surface area contributed by atoms with Crippen LogP contribution in [0.4, 0.5) is 0 Å². The summed E-state index contributed by atoms with van der Waals surface area (Å²) in [4.78, 5) is 13.1. The maximum atomic E-state index is 13.1. The first kappa shape index (κ1) is 74.2. The Morgan fingerprint density at radius 1 is 0.390 bits per heavy atom. The molecule has 0 aromatic carbocycles. The van der Waals surface area contributed by atoms with Gasteiger partial charge in [0.1, 0.15) is 24.4 Å². The summed E-state index contributed by atoms with van der Waals surface area (Å²) < 4.78 is 11.4. The Morgan fingerprint density at radius 2 is 0.649 bits per heavy atom. The van der Waals surface area contributed by atoms with Crippen molar-refractivity contribution >= 4 is 5.91 Å². The quantitative estimate of drug-likeness (QED) is 0.0330. The zero-order valence-electron chi connectivity index (χ0n) is 51.5. The molecule has 7 unspecified atom stereocenters. The molecule has 0 bridgehead atoms. The molecule has 1 heterocycles. The van der Waals surface area contributed by atoms with Crippen molar-refractivity contribution in [1.29, 1.82) is 0 Å². The third kappa shape index (κ3) is 47.4. The van der Waals surface area contributed by atoms with E-state index in [0.717, 1.165) is 38.5 Å². The van der Waals surface area contributed by atoms with E-state index in [1.807, 2.05) is 0 Å². The monoisotopic (exact) mass is 1090 g/mol. The van der Waals surface area contributed by atoms with Gasteiger partial charge in [-0.2, -0.15) is 0 Å². The van der Waals surface area contributed by atoms with Gasteiger partial charge in [0, 0.05) is 6.42 Å². The smallest absolute Gasteiger partial charge is 0.220 e. The molecule has 7 atom stereocenters. The Labute approximate surface area is 478 Å². The molecule has 0 spiro atoms. The van der Waals surface area contributed by atoms with Gasteiger partial charge in [0.2, 0.25) is 5.91 Å². The minimum absolute atomic E-state index is 0.130. The van der Waals surface area contributed by atoms with Crippen LogP contribution in [0.15, 0.2) is 0 Å². The standard InChI is InChI=1S/C68H135NO8/c1-3-5-7-9-11-13-15-17-19-21-23-25-27-28-29-30-31-32-33-34-36-38-40-42-44-46-48-50-52-54-56-58-64(72)69-61(60-76-68-67(75)66(74)65(73)63(59-70)77-68)62(71)57-55-53-51-49-47-45-43-41-39-37-35-26-24-22-20-18-16-14-12-10-8-6-4-2/h61-63,65-68,70-71,73-75H,3-60H2,1-2H3,(H,69,72). The Kier molecular flexibility index (Phi) is 56.3. The lowest BCUT2D eigenvalue weighted by Gasteiger charge is -2.40. The highest BCUT2D eigenvalue weighted by Gasteiger charge is 2.44. The van der Waals surface area contributed by atoms with Gasteiger partial charge in [-0.1, -0.05) is 354 Å². The fourth-order valence-corrected chi connectivity index (χ4v) is 11.8. The third-order valence-electron chi connectivity index (χ3n) is 17.2. The molecule has 77 heavy (non-hydrogen) atoms. The van der Waals surface area contributed by atoms with Crippen LogP contribution in [0.1, 0.15) is 373 Å². The van der Waals surface area contributed by atoms with Crippen LogP contribution in [0.25, 0.3) is 0 Å². The topological polar surface area (TPSA) is 149 Å². The Balaban J connectivity index is 2.09. The Morgan fingerprint density at radius 3 is 0.922 bits per heavy atom. The number of rotatable bonds is 62. The van der Waals surface area contributed by atoms with Crippen LogP contribution in [0, 0.1) is 0 Å². The number of carbonyl (C=O) groups is 1. The molecule has 0 saturated carbocycles. The molecule has 6 N–H and O–H groups in total. The number of aliphatic hydroxyl groups is 5. The first-order valence-electron chi connectivity index (χ1n) is 34.7. The van der Waals surface area contributed by atoms with Gasteiger partial charge in [0.05, 0.1) is 25.4 Å². The summed E-state index contributed by atoms with van der Waals surface area (Å²) in [5.41, 5.74) is 0. The summed E-state index contributed by atoms with van der Waals surface area (Å²) in [5, 5.41) is 54.9. The third-order valence-corrected chi connectivity index (χ3v) is 17.2. The molecule has 1 amide bonds. The molecule has 0 aromatic rings. The van der Waals surface area contributed by atoms with E-state index < -0.39 is 49.5 Å². The van der Waals surface area contributed by atoms with Crippen molar-refractivity contribution in [3.8, 4) is 0 Å². The molecule has 0 radical (unpaired) electrons. The molecule has 1 rings (SSSR count). The van der Waals surface area contributed by atoms with Crippen LogP contribution in [0.2, 0.25) is 0 Å². The second-order valence-corrected chi connectivity index (χ2v) is 24.7. The predicted octanol–water partition coefficient (Wildman–Crippen LogP) is 18.5. The summed E-state index contributed by atoms with van der Waals surface area (Å²) in [6.07, 6.45) is 66.0. The zero-order valence-corrected chi connectivity index (χ0v) is 51.5. The minimum atomic E-state index is -1.55. The number of nitrogens with one attached hydrogen (secondary N) is 1. The average Bonchev–Trinajstić information content (AvgIpc) is 3.43. The highest BCUT2D eigenvalue weighted by atomic mass is 16.7.